The quantitative estimate of drug-likeness (QED) is 0.877. The molecule has 2 heterocycles. The molecule has 0 radical (unpaired) electrons. The Balaban J connectivity index is 2.33. The fraction of sp³-hybridized carbons (Fsp3) is 0.429. The first kappa shape index (κ1) is 12.8. The van der Waals surface area contributed by atoms with Crippen molar-refractivity contribution in [1.29, 1.82) is 0 Å². The number of pyridine rings is 1. The molecule has 0 spiro atoms. The molecule has 0 amide bonds. The van der Waals surface area contributed by atoms with E-state index < -0.39 is 0 Å². The van der Waals surface area contributed by atoms with Gasteiger partial charge in [0.1, 0.15) is 0 Å². The standard InChI is InChI=1S/C14H20N4/c1-4-6-16-14(13-5-7-17-18(13)3)12-8-11(2)9-15-10-12/h5,7-10,14,16H,4,6H2,1-3H3. The highest BCUT2D eigenvalue weighted by Crippen LogP contribution is 2.21. The monoisotopic (exact) mass is 244 g/mol. The normalized spacial score (nSPS) is 12.6. The average molecular weight is 244 g/mol. The first-order chi connectivity index (χ1) is 8.72. The molecular weight excluding hydrogens is 224 g/mol. The zero-order chi connectivity index (χ0) is 13.0. The van der Waals surface area contributed by atoms with Gasteiger partial charge in [0.05, 0.1) is 11.7 Å². The Morgan fingerprint density at radius 2 is 2.22 bits per heavy atom. The molecule has 18 heavy (non-hydrogen) atoms. The molecule has 1 N–H and O–H groups in total. The number of nitrogens with one attached hydrogen (secondary N) is 1. The van der Waals surface area contributed by atoms with Gasteiger partial charge in [-0.3, -0.25) is 9.67 Å². The average Bonchev–Trinajstić information content (AvgIpc) is 2.77. The van der Waals surface area contributed by atoms with Gasteiger partial charge in [-0.2, -0.15) is 5.10 Å². The van der Waals surface area contributed by atoms with Crippen LogP contribution in [0.15, 0.2) is 30.7 Å². The number of aryl methyl sites for hydroxylation is 2. The molecule has 96 valence electrons. The first-order valence-electron chi connectivity index (χ1n) is 6.35. The lowest BCUT2D eigenvalue weighted by Gasteiger charge is -2.19. The van der Waals surface area contributed by atoms with Crippen molar-refractivity contribution in [2.75, 3.05) is 6.54 Å². The van der Waals surface area contributed by atoms with Gasteiger partial charge >= 0.3 is 0 Å². The summed E-state index contributed by atoms with van der Waals surface area (Å²) in [7, 11) is 1.97. The molecular formula is C14H20N4. The summed E-state index contributed by atoms with van der Waals surface area (Å²) in [6.07, 6.45) is 6.74. The minimum atomic E-state index is 0.157. The van der Waals surface area contributed by atoms with E-state index in [2.05, 4.69) is 41.4 Å². The SMILES string of the molecule is CCCNC(c1cncc(C)c1)c1ccnn1C. The van der Waals surface area contributed by atoms with Gasteiger partial charge in [0, 0.05) is 25.6 Å². The summed E-state index contributed by atoms with van der Waals surface area (Å²) < 4.78 is 1.91. The fourth-order valence-corrected chi connectivity index (χ4v) is 2.09. The Bertz CT molecular complexity index is 504. The highest BCUT2D eigenvalue weighted by atomic mass is 15.3. The van der Waals surface area contributed by atoms with Gasteiger partial charge in [0.15, 0.2) is 0 Å². The number of hydrogen-bond acceptors (Lipinski definition) is 3. The minimum absolute atomic E-state index is 0.157. The van der Waals surface area contributed by atoms with Gasteiger partial charge in [-0.25, -0.2) is 0 Å². The van der Waals surface area contributed by atoms with Crippen LogP contribution in [0.2, 0.25) is 0 Å². The molecule has 0 fully saturated rings. The third-order valence-corrected chi connectivity index (χ3v) is 2.98. The van der Waals surface area contributed by atoms with Crippen LogP contribution in [0.25, 0.3) is 0 Å². The Morgan fingerprint density at radius 1 is 1.39 bits per heavy atom. The van der Waals surface area contributed by atoms with E-state index in [1.165, 1.54) is 11.1 Å². The van der Waals surface area contributed by atoms with Gasteiger partial charge in [-0.1, -0.05) is 13.0 Å². The molecule has 2 aromatic rings. The maximum absolute atomic E-state index is 4.28. The van der Waals surface area contributed by atoms with Gasteiger partial charge in [0.2, 0.25) is 0 Å². The second-order valence-electron chi connectivity index (χ2n) is 4.56. The molecule has 0 saturated carbocycles. The Kier molecular flexibility index (Phi) is 4.10. The molecule has 4 heteroatoms. The van der Waals surface area contributed by atoms with Crippen molar-refractivity contribution >= 4 is 0 Å². The predicted molar refractivity (Wildman–Crippen MR) is 72.3 cm³/mol. The summed E-state index contributed by atoms with van der Waals surface area (Å²) in [4.78, 5) is 4.28. The van der Waals surface area contributed by atoms with Gasteiger partial charge < -0.3 is 5.32 Å². The van der Waals surface area contributed by atoms with Crippen molar-refractivity contribution < 1.29 is 0 Å². The maximum atomic E-state index is 4.28. The molecule has 1 atom stereocenters. The lowest BCUT2D eigenvalue weighted by atomic mass is 10.0. The Morgan fingerprint density at radius 3 is 2.83 bits per heavy atom. The van der Waals surface area contributed by atoms with E-state index in [9.17, 15) is 0 Å². The number of rotatable bonds is 5. The zero-order valence-corrected chi connectivity index (χ0v) is 11.2. The molecule has 0 saturated heterocycles. The number of nitrogens with zero attached hydrogens (tertiary/aromatic N) is 3. The largest absolute Gasteiger partial charge is 0.305 e. The van der Waals surface area contributed by atoms with E-state index in [1.54, 1.807) is 0 Å². The van der Waals surface area contributed by atoms with Crippen molar-refractivity contribution in [1.82, 2.24) is 20.1 Å². The molecule has 2 rings (SSSR count). The van der Waals surface area contributed by atoms with Crippen LogP contribution in [0.1, 0.15) is 36.2 Å². The van der Waals surface area contributed by atoms with Crippen LogP contribution in [0, 0.1) is 6.92 Å². The van der Waals surface area contributed by atoms with Crippen molar-refractivity contribution in [2.24, 2.45) is 7.05 Å². The molecule has 4 nitrogen and oxygen atoms in total. The van der Waals surface area contributed by atoms with E-state index in [4.69, 9.17) is 0 Å². The van der Waals surface area contributed by atoms with Crippen LogP contribution in [-0.2, 0) is 7.05 Å². The van der Waals surface area contributed by atoms with Crippen molar-refractivity contribution in [3.05, 3.63) is 47.5 Å². The number of aromatic nitrogens is 3. The van der Waals surface area contributed by atoms with Crippen LogP contribution >= 0.6 is 0 Å². The topological polar surface area (TPSA) is 42.7 Å². The summed E-state index contributed by atoms with van der Waals surface area (Å²) in [5.74, 6) is 0. The minimum Gasteiger partial charge on any atom is -0.305 e. The van der Waals surface area contributed by atoms with Crippen LogP contribution in [0.3, 0.4) is 0 Å². The highest BCUT2D eigenvalue weighted by molar-refractivity contribution is 5.27. The van der Waals surface area contributed by atoms with E-state index in [0.717, 1.165) is 18.7 Å². The maximum Gasteiger partial charge on any atom is 0.0763 e. The van der Waals surface area contributed by atoms with Crippen LogP contribution in [0.5, 0.6) is 0 Å². The second-order valence-corrected chi connectivity index (χ2v) is 4.56. The summed E-state index contributed by atoms with van der Waals surface area (Å²) in [6, 6.07) is 4.38. The first-order valence-corrected chi connectivity index (χ1v) is 6.35. The van der Waals surface area contributed by atoms with Crippen LogP contribution < -0.4 is 5.32 Å². The summed E-state index contributed by atoms with van der Waals surface area (Å²) in [5, 5.41) is 7.81. The van der Waals surface area contributed by atoms with E-state index in [0.29, 0.717) is 0 Å². The van der Waals surface area contributed by atoms with E-state index in [-0.39, 0.29) is 6.04 Å². The van der Waals surface area contributed by atoms with E-state index in [1.807, 2.05) is 30.3 Å². The zero-order valence-electron chi connectivity index (χ0n) is 11.2. The highest BCUT2D eigenvalue weighted by Gasteiger charge is 2.16. The summed E-state index contributed by atoms with van der Waals surface area (Å²) in [6.45, 7) is 5.21. The van der Waals surface area contributed by atoms with Crippen molar-refractivity contribution in [3.8, 4) is 0 Å². The van der Waals surface area contributed by atoms with E-state index >= 15 is 0 Å². The Hall–Kier alpha value is -1.68. The van der Waals surface area contributed by atoms with Crippen LogP contribution in [0.4, 0.5) is 0 Å². The molecule has 0 aliphatic heterocycles. The fourth-order valence-electron chi connectivity index (χ4n) is 2.09. The van der Waals surface area contributed by atoms with Crippen molar-refractivity contribution in [3.63, 3.8) is 0 Å². The third kappa shape index (κ3) is 2.76. The summed E-state index contributed by atoms with van der Waals surface area (Å²) in [5.41, 5.74) is 3.53. The van der Waals surface area contributed by atoms with Gasteiger partial charge in [-0.05, 0) is 37.1 Å². The predicted octanol–water partition coefficient (Wildman–Crippen LogP) is 2.21. The lowest BCUT2D eigenvalue weighted by molar-refractivity contribution is 0.552. The molecule has 0 aromatic carbocycles. The van der Waals surface area contributed by atoms with Crippen LogP contribution in [-0.4, -0.2) is 21.3 Å². The third-order valence-electron chi connectivity index (χ3n) is 2.98. The molecule has 0 aliphatic rings. The van der Waals surface area contributed by atoms with Crippen molar-refractivity contribution in [2.45, 2.75) is 26.3 Å². The van der Waals surface area contributed by atoms with Gasteiger partial charge in [0.25, 0.3) is 0 Å². The molecule has 2 aromatic heterocycles. The number of hydrogen-bond donors (Lipinski definition) is 1. The molecule has 0 bridgehead atoms. The smallest absolute Gasteiger partial charge is 0.0763 e. The Labute approximate surface area is 108 Å². The molecule has 0 aliphatic carbocycles. The second kappa shape index (κ2) is 5.78. The molecule has 1 unspecified atom stereocenters. The van der Waals surface area contributed by atoms with Gasteiger partial charge in [-0.15, -0.1) is 0 Å². The lowest BCUT2D eigenvalue weighted by Crippen LogP contribution is -2.25. The summed E-state index contributed by atoms with van der Waals surface area (Å²) >= 11 is 0.